The van der Waals surface area contributed by atoms with Gasteiger partial charge in [0.05, 0.1) is 13.2 Å². The molecule has 2 N–H and O–H groups in total. The molecule has 7 nitrogen and oxygen atoms in total. The Balaban J connectivity index is 2.38. The number of nitrogens with zero attached hydrogens (tertiary/aromatic N) is 2. The van der Waals surface area contributed by atoms with Crippen LogP contribution in [-0.4, -0.2) is 55.8 Å². The van der Waals surface area contributed by atoms with Crippen LogP contribution in [0.4, 0.5) is 0 Å². The van der Waals surface area contributed by atoms with E-state index in [4.69, 9.17) is 4.74 Å². The van der Waals surface area contributed by atoms with E-state index in [0.29, 0.717) is 31.9 Å². The number of hydrogen-bond acceptors (Lipinski definition) is 5. The van der Waals surface area contributed by atoms with E-state index in [1.165, 1.54) is 4.31 Å². The molecule has 1 aliphatic rings. The monoisotopic (exact) mass is 288 g/mol. The zero-order chi connectivity index (χ0) is 14.0. The van der Waals surface area contributed by atoms with E-state index < -0.39 is 10.0 Å². The average Bonchev–Trinajstić information content (AvgIpc) is 2.73. The second kappa shape index (κ2) is 5.58. The second-order valence-corrected chi connectivity index (χ2v) is 6.51. The summed E-state index contributed by atoms with van der Waals surface area (Å²) >= 11 is 0. The normalized spacial score (nSPS) is 21.7. The van der Waals surface area contributed by atoms with Crippen molar-refractivity contribution in [3.05, 3.63) is 11.3 Å². The van der Waals surface area contributed by atoms with E-state index in [0.717, 1.165) is 5.69 Å². The van der Waals surface area contributed by atoms with Gasteiger partial charge >= 0.3 is 0 Å². The van der Waals surface area contributed by atoms with Gasteiger partial charge in [-0.2, -0.15) is 9.40 Å². The van der Waals surface area contributed by atoms with Crippen LogP contribution < -0.4 is 5.32 Å². The van der Waals surface area contributed by atoms with Crippen LogP contribution >= 0.6 is 0 Å². The minimum absolute atomic E-state index is 0.119. The quantitative estimate of drug-likeness (QED) is 0.804. The van der Waals surface area contributed by atoms with E-state index >= 15 is 0 Å². The maximum atomic E-state index is 12.7. The van der Waals surface area contributed by atoms with Crippen molar-refractivity contribution >= 4 is 10.0 Å². The first-order valence-corrected chi connectivity index (χ1v) is 7.70. The highest BCUT2D eigenvalue weighted by molar-refractivity contribution is 7.89. The summed E-state index contributed by atoms with van der Waals surface area (Å²) in [5, 5.41) is 9.82. The molecule has 0 bridgehead atoms. The Morgan fingerprint density at radius 3 is 2.95 bits per heavy atom. The molecule has 1 aliphatic heterocycles. The molecule has 8 heteroatoms. The Bertz CT molecular complexity index is 540. The lowest BCUT2D eigenvalue weighted by Crippen LogP contribution is -2.47. The number of aryl methyl sites for hydroxylation is 1. The predicted octanol–water partition coefficient (Wildman–Crippen LogP) is -0.153. The maximum Gasteiger partial charge on any atom is 0.263 e. The fourth-order valence-electron chi connectivity index (χ4n) is 2.21. The summed E-state index contributed by atoms with van der Waals surface area (Å²) in [6, 6.07) is -0.168. The van der Waals surface area contributed by atoms with Gasteiger partial charge in [-0.05, 0) is 20.9 Å². The van der Waals surface area contributed by atoms with E-state index in [2.05, 4.69) is 15.5 Å². The van der Waals surface area contributed by atoms with Gasteiger partial charge in [-0.3, -0.25) is 5.10 Å². The van der Waals surface area contributed by atoms with Crippen molar-refractivity contribution in [2.45, 2.75) is 31.5 Å². The molecule has 1 aromatic rings. The Morgan fingerprint density at radius 1 is 1.58 bits per heavy atom. The zero-order valence-corrected chi connectivity index (χ0v) is 12.2. The summed E-state index contributed by atoms with van der Waals surface area (Å²) in [5.74, 6) is 0. The van der Waals surface area contributed by atoms with Crippen LogP contribution in [0, 0.1) is 6.92 Å². The molecule has 1 unspecified atom stereocenters. The van der Waals surface area contributed by atoms with Gasteiger partial charge in [0.25, 0.3) is 10.0 Å². The Morgan fingerprint density at radius 2 is 2.32 bits per heavy atom. The van der Waals surface area contributed by atoms with Crippen molar-refractivity contribution in [1.82, 2.24) is 19.8 Å². The first-order chi connectivity index (χ1) is 8.98. The van der Waals surface area contributed by atoms with Gasteiger partial charge in [0.15, 0.2) is 5.03 Å². The number of morpholine rings is 1. The van der Waals surface area contributed by atoms with Gasteiger partial charge in [0.2, 0.25) is 0 Å². The first kappa shape index (κ1) is 14.4. The zero-order valence-electron chi connectivity index (χ0n) is 11.4. The summed E-state index contributed by atoms with van der Waals surface area (Å²) < 4.78 is 32.1. The van der Waals surface area contributed by atoms with Crippen LogP contribution in [-0.2, 0) is 21.3 Å². The summed E-state index contributed by atoms with van der Waals surface area (Å²) in [6.45, 7) is 5.34. The highest BCUT2D eigenvalue weighted by atomic mass is 32.2. The standard InChI is InChI=1S/C11H20N4O3S/c1-8-7-18-5-4-15(8)19(16,17)11-10(6-12-3)9(2)13-14-11/h8,12H,4-7H2,1-3H3,(H,13,14). The largest absolute Gasteiger partial charge is 0.378 e. The molecule has 0 spiro atoms. The number of H-pyrrole nitrogens is 1. The molecule has 0 aliphatic carbocycles. The third-order valence-corrected chi connectivity index (χ3v) is 5.24. The van der Waals surface area contributed by atoms with Crippen molar-refractivity contribution in [3.8, 4) is 0 Å². The molecule has 2 heterocycles. The lowest BCUT2D eigenvalue weighted by atomic mass is 10.3. The number of aromatic nitrogens is 2. The Hall–Kier alpha value is -0.960. The topological polar surface area (TPSA) is 87.3 Å². The number of rotatable bonds is 4. The molecule has 1 atom stereocenters. The summed E-state index contributed by atoms with van der Waals surface area (Å²) in [6.07, 6.45) is 0. The van der Waals surface area contributed by atoms with Gasteiger partial charge in [-0.25, -0.2) is 8.42 Å². The predicted molar refractivity (Wildman–Crippen MR) is 70.3 cm³/mol. The highest BCUT2D eigenvalue weighted by Gasteiger charge is 2.35. The molecule has 0 amide bonds. The molecular weight excluding hydrogens is 268 g/mol. The van der Waals surface area contributed by atoms with Gasteiger partial charge < -0.3 is 10.1 Å². The van der Waals surface area contributed by atoms with Crippen molar-refractivity contribution in [1.29, 1.82) is 0 Å². The Kier molecular flexibility index (Phi) is 4.24. The third-order valence-electron chi connectivity index (χ3n) is 3.25. The van der Waals surface area contributed by atoms with Gasteiger partial charge in [-0.1, -0.05) is 0 Å². The summed E-state index contributed by atoms with van der Waals surface area (Å²) in [5.41, 5.74) is 1.47. The fraction of sp³-hybridized carbons (Fsp3) is 0.727. The minimum Gasteiger partial charge on any atom is -0.378 e. The van der Waals surface area contributed by atoms with Crippen molar-refractivity contribution in [3.63, 3.8) is 0 Å². The van der Waals surface area contributed by atoms with E-state index in [1.807, 2.05) is 13.8 Å². The van der Waals surface area contributed by atoms with Crippen LogP contribution in [0.15, 0.2) is 5.03 Å². The highest BCUT2D eigenvalue weighted by Crippen LogP contribution is 2.23. The molecule has 2 rings (SSSR count). The van der Waals surface area contributed by atoms with E-state index in [1.54, 1.807) is 7.05 Å². The molecule has 0 saturated carbocycles. The average molecular weight is 288 g/mol. The molecule has 1 saturated heterocycles. The van der Waals surface area contributed by atoms with Gasteiger partial charge in [0.1, 0.15) is 0 Å². The fourth-order valence-corrected chi connectivity index (χ4v) is 3.98. The van der Waals surface area contributed by atoms with Crippen LogP contribution in [0.1, 0.15) is 18.2 Å². The lowest BCUT2D eigenvalue weighted by molar-refractivity contribution is 0.0391. The summed E-state index contributed by atoms with van der Waals surface area (Å²) in [7, 11) is -1.79. The van der Waals surface area contributed by atoms with Gasteiger partial charge in [0, 0.05) is 30.4 Å². The SMILES string of the molecule is CNCc1c(S(=O)(=O)N2CCOCC2C)n[nH]c1C. The Labute approximate surface area is 113 Å². The number of ether oxygens (including phenoxy) is 1. The lowest BCUT2D eigenvalue weighted by Gasteiger charge is -2.31. The molecule has 0 aromatic carbocycles. The molecule has 0 radical (unpaired) electrons. The summed E-state index contributed by atoms with van der Waals surface area (Å²) in [4.78, 5) is 0. The number of hydrogen-bond donors (Lipinski definition) is 2. The second-order valence-electron chi connectivity index (χ2n) is 4.70. The minimum atomic E-state index is -3.57. The number of nitrogens with one attached hydrogen (secondary N) is 2. The van der Waals surface area contributed by atoms with E-state index in [9.17, 15) is 8.42 Å². The molecule has 108 valence electrons. The third kappa shape index (κ3) is 2.66. The van der Waals surface area contributed by atoms with Crippen LogP contribution in [0.2, 0.25) is 0 Å². The van der Waals surface area contributed by atoms with E-state index in [-0.39, 0.29) is 11.1 Å². The van der Waals surface area contributed by atoms with Crippen LogP contribution in [0.5, 0.6) is 0 Å². The molecule has 1 aromatic heterocycles. The van der Waals surface area contributed by atoms with Crippen molar-refractivity contribution < 1.29 is 13.2 Å². The smallest absolute Gasteiger partial charge is 0.263 e. The van der Waals surface area contributed by atoms with Gasteiger partial charge in [-0.15, -0.1) is 0 Å². The number of sulfonamides is 1. The molecular formula is C11H20N4O3S. The van der Waals surface area contributed by atoms with Crippen LogP contribution in [0.3, 0.4) is 0 Å². The van der Waals surface area contributed by atoms with Crippen molar-refractivity contribution in [2.24, 2.45) is 0 Å². The van der Waals surface area contributed by atoms with Crippen LogP contribution in [0.25, 0.3) is 0 Å². The number of aromatic amines is 1. The molecule has 19 heavy (non-hydrogen) atoms. The maximum absolute atomic E-state index is 12.7. The van der Waals surface area contributed by atoms with Crippen molar-refractivity contribution in [2.75, 3.05) is 26.8 Å². The molecule has 1 fully saturated rings. The first-order valence-electron chi connectivity index (χ1n) is 6.26.